The van der Waals surface area contributed by atoms with Gasteiger partial charge < -0.3 is 16.2 Å². The molecular weight excluding hydrogens is 259 g/mol. The van der Waals surface area contributed by atoms with E-state index in [0.29, 0.717) is 17.1 Å². The van der Waals surface area contributed by atoms with Gasteiger partial charge in [-0.25, -0.2) is 4.39 Å². The molecule has 0 spiro atoms. The van der Waals surface area contributed by atoms with Gasteiger partial charge in [-0.05, 0) is 37.3 Å². The smallest absolute Gasteiger partial charge is 0.252 e. The summed E-state index contributed by atoms with van der Waals surface area (Å²) in [5, 5.41) is 0. The van der Waals surface area contributed by atoms with Crippen molar-refractivity contribution in [2.45, 2.75) is 13.0 Å². The molecule has 104 valence electrons. The van der Waals surface area contributed by atoms with E-state index in [1.165, 1.54) is 18.2 Å². The molecule has 0 aliphatic rings. The molecule has 0 saturated heterocycles. The third-order valence-corrected chi connectivity index (χ3v) is 2.83. The first-order chi connectivity index (χ1) is 9.49. The number of halogens is 1. The lowest BCUT2D eigenvalue weighted by Gasteiger charge is -2.15. The SMILES string of the molecule is C[C@H](N)c1cc(F)ccc1Oc1ccccc1C(N)=O. The average Bonchev–Trinajstić information content (AvgIpc) is 2.41. The van der Waals surface area contributed by atoms with Gasteiger partial charge in [0.05, 0.1) is 5.56 Å². The van der Waals surface area contributed by atoms with Crippen LogP contribution >= 0.6 is 0 Å². The number of carbonyl (C=O) groups excluding carboxylic acids is 1. The molecular formula is C15H15FN2O2. The minimum atomic E-state index is -0.593. The molecule has 2 aromatic rings. The predicted molar refractivity (Wildman–Crippen MR) is 74.0 cm³/mol. The second-order valence-electron chi connectivity index (χ2n) is 4.43. The molecule has 2 aromatic carbocycles. The summed E-state index contributed by atoms with van der Waals surface area (Å²) in [6.07, 6.45) is 0. The van der Waals surface area contributed by atoms with Crippen molar-refractivity contribution < 1.29 is 13.9 Å². The Labute approximate surface area is 116 Å². The highest BCUT2D eigenvalue weighted by Crippen LogP contribution is 2.31. The van der Waals surface area contributed by atoms with E-state index in [2.05, 4.69) is 0 Å². The highest BCUT2D eigenvalue weighted by atomic mass is 19.1. The number of rotatable bonds is 4. The number of ether oxygens (including phenoxy) is 1. The Morgan fingerprint density at radius 3 is 2.55 bits per heavy atom. The van der Waals surface area contributed by atoms with Crippen LogP contribution in [0.4, 0.5) is 4.39 Å². The van der Waals surface area contributed by atoms with Crippen molar-refractivity contribution in [2.75, 3.05) is 0 Å². The molecule has 4 N–H and O–H groups in total. The average molecular weight is 274 g/mol. The summed E-state index contributed by atoms with van der Waals surface area (Å²) in [7, 11) is 0. The molecule has 2 rings (SSSR count). The Kier molecular flexibility index (Phi) is 4.00. The monoisotopic (exact) mass is 274 g/mol. The number of nitrogens with two attached hydrogens (primary N) is 2. The van der Waals surface area contributed by atoms with Gasteiger partial charge in [0.15, 0.2) is 0 Å². The predicted octanol–water partition coefficient (Wildman–Crippen LogP) is 2.74. The van der Waals surface area contributed by atoms with E-state index in [9.17, 15) is 9.18 Å². The molecule has 0 aliphatic carbocycles. The summed E-state index contributed by atoms with van der Waals surface area (Å²) < 4.78 is 18.9. The fourth-order valence-corrected chi connectivity index (χ4v) is 1.85. The molecule has 5 heteroatoms. The Balaban J connectivity index is 2.43. The van der Waals surface area contributed by atoms with Crippen LogP contribution in [-0.4, -0.2) is 5.91 Å². The van der Waals surface area contributed by atoms with Gasteiger partial charge in [0.25, 0.3) is 5.91 Å². The van der Waals surface area contributed by atoms with Crippen LogP contribution in [0.15, 0.2) is 42.5 Å². The maximum atomic E-state index is 13.3. The van der Waals surface area contributed by atoms with E-state index in [0.717, 1.165) is 0 Å². The first-order valence-electron chi connectivity index (χ1n) is 6.10. The van der Waals surface area contributed by atoms with Gasteiger partial charge >= 0.3 is 0 Å². The summed E-state index contributed by atoms with van der Waals surface area (Å²) in [6.45, 7) is 1.72. The molecule has 0 aromatic heterocycles. The van der Waals surface area contributed by atoms with E-state index in [-0.39, 0.29) is 5.56 Å². The zero-order valence-corrected chi connectivity index (χ0v) is 11.0. The summed E-state index contributed by atoms with van der Waals surface area (Å²) in [6, 6.07) is 10.2. The highest BCUT2D eigenvalue weighted by molar-refractivity contribution is 5.95. The van der Waals surface area contributed by atoms with Crippen LogP contribution in [0.3, 0.4) is 0 Å². The number of primary amides is 1. The normalized spacial score (nSPS) is 11.9. The largest absolute Gasteiger partial charge is 0.456 e. The van der Waals surface area contributed by atoms with E-state index in [1.807, 2.05) is 0 Å². The Morgan fingerprint density at radius 2 is 1.90 bits per heavy atom. The van der Waals surface area contributed by atoms with Gasteiger partial charge in [0.2, 0.25) is 0 Å². The summed E-state index contributed by atoms with van der Waals surface area (Å²) in [5.74, 6) is -0.276. The maximum Gasteiger partial charge on any atom is 0.252 e. The van der Waals surface area contributed by atoms with E-state index in [4.69, 9.17) is 16.2 Å². The van der Waals surface area contributed by atoms with Gasteiger partial charge in [0.1, 0.15) is 17.3 Å². The minimum Gasteiger partial charge on any atom is -0.456 e. The van der Waals surface area contributed by atoms with Crippen molar-refractivity contribution in [1.29, 1.82) is 0 Å². The second kappa shape index (κ2) is 5.71. The van der Waals surface area contributed by atoms with Crippen LogP contribution in [0.5, 0.6) is 11.5 Å². The summed E-state index contributed by atoms with van der Waals surface area (Å²) in [5.41, 5.74) is 11.9. The van der Waals surface area contributed by atoms with Gasteiger partial charge in [0, 0.05) is 11.6 Å². The van der Waals surface area contributed by atoms with Crippen LogP contribution in [0.25, 0.3) is 0 Å². The Morgan fingerprint density at radius 1 is 1.20 bits per heavy atom. The minimum absolute atomic E-state index is 0.257. The fourth-order valence-electron chi connectivity index (χ4n) is 1.85. The second-order valence-corrected chi connectivity index (χ2v) is 4.43. The number of benzene rings is 2. The third kappa shape index (κ3) is 2.95. The number of para-hydroxylation sites is 1. The molecule has 0 aliphatic heterocycles. The van der Waals surface area contributed by atoms with Crippen molar-refractivity contribution in [3.63, 3.8) is 0 Å². The molecule has 1 amide bonds. The van der Waals surface area contributed by atoms with Crippen LogP contribution in [0.2, 0.25) is 0 Å². The maximum absolute atomic E-state index is 13.3. The number of hydrogen-bond acceptors (Lipinski definition) is 3. The fraction of sp³-hybridized carbons (Fsp3) is 0.133. The van der Waals surface area contributed by atoms with Crippen molar-refractivity contribution in [3.8, 4) is 11.5 Å². The first kappa shape index (κ1) is 14.0. The topological polar surface area (TPSA) is 78.3 Å². The van der Waals surface area contributed by atoms with Crippen LogP contribution < -0.4 is 16.2 Å². The molecule has 0 radical (unpaired) electrons. The van der Waals surface area contributed by atoms with Crippen LogP contribution in [-0.2, 0) is 0 Å². The van der Waals surface area contributed by atoms with Gasteiger partial charge in [-0.3, -0.25) is 4.79 Å². The molecule has 0 fully saturated rings. The molecule has 0 saturated carbocycles. The lowest BCUT2D eigenvalue weighted by Crippen LogP contribution is -2.12. The van der Waals surface area contributed by atoms with Crippen molar-refractivity contribution in [3.05, 3.63) is 59.4 Å². The zero-order valence-electron chi connectivity index (χ0n) is 11.0. The number of hydrogen-bond donors (Lipinski definition) is 2. The van der Waals surface area contributed by atoms with Gasteiger partial charge in [-0.15, -0.1) is 0 Å². The van der Waals surface area contributed by atoms with E-state index >= 15 is 0 Å². The van der Waals surface area contributed by atoms with E-state index in [1.54, 1.807) is 31.2 Å². The van der Waals surface area contributed by atoms with Crippen LogP contribution in [0, 0.1) is 5.82 Å². The number of carbonyl (C=O) groups is 1. The zero-order chi connectivity index (χ0) is 14.7. The molecule has 0 unspecified atom stereocenters. The molecule has 1 atom stereocenters. The quantitative estimate of drug-likeness (QED) is 0.899. The highest BCUT2D eigenvalue weighted by Gasteiger charge is 2.14. The lowest BCUT2D eigenvalue weighted by atomic mass is 10.1. The standard InChI is InChI=1S/C15H15FN2O2/c1-9(17)12-8-10(16)6-7-14(12)20-13-5-3-2-4-11(13)15(18)19/h2-9H,17H2,1H3,(H2,18,19)/t9-/m0/s1. The van der Waals surface area contributed by atoms with Gasteiger partial charge in [-0.1, -0.05) is 12.1 Å². The summed E-state index contributed by atoms with van der Waals surface area (Å²) >= 11 is 0. The first-order valence-corrected chi connectivity index (χ1v) is 6.10. The molecule has 0 bridgehead atoms. The van der Waals surface area contributed by atoms with E-state index < -0.39 is 17.8 Å². The van der Waals surface area contributed by atoms with Crippen molar-refractivity contribution in [2.24, 2.45) is 11.5 Å². The Hall–Kier alpha value is -2.40. The van der Waals surface area contributed by atoms with Gasteiger partial charge in [-0.2, -0.15) is 0 Å². The lowest BCUT2D eigenvalue weighted by molar-refractivity contribution is 0.0998. The van der Waals surface area contributed by atoms with Crippen molar-refractivity contribution >= 4 is 5.91 Å². The number of amides is 1. The third-order valence-electron chi connectivity index (χ3n) is 2.83. The molecule has 20 heavy (non-hydrogen) atoms. The van der Waals surface area contributed by atoms with Crippen LogP contribution in [0.1, 0.15) is 28.9 Å². The Bertz CT molecular complexity index is 642. The van der Waals surface area contributed by atoms with Crippen molar-refractivity contribution in [1.82, 2.24) is 0 Å². The summed E-state index contributed by atoms with van der Waals surface area (Å²) in [4.78, 5) is 11.3. The molecule has 0 heterocycles. The molecule has 4 nitrogen and oxygen atoms in total.